The largest absolute Gasteiger partial charge is 0.484 e. The van der Waals surface area contributed by atoms with Gasteiger partial charge in [-0.3, -0.25) is 9.59 Å². The highest BCUT2D eigenvalue weighted by Crippen LogP contribution is 2.18. The van der Waals surface area contributed by atoms with Crippen molar-refractivity contribution < 1.29 is 14.3 Å². The molecule has 1 N–H and O–H groups in total. The molecule has 0 radical (unpaired) electrons. The van der Waals surface area contributed by atoms with E-state index in [1.807, 2.05) is 60.7 Å². The molecule has 5 nitrogen and oxygen atoms in total. The average molecular weight is 380 g/mol. The number of rotatable bonds is 8. The summed E-state index contributed by atoms with van der Waals surface area (Å²) in [6.07, 6.45) is 4.33. The van der Waals surface area contributed by atoms with Crippen molar-refractivity contribution in [2.75, 3.05) is 6.61 Å². The van der Waals surface area contributed by atoms with Crippen molar-refractivity contribution in [2.45, 2.75) is 51.2 Å². The Morgan fingerprint density at radius 3 is 2.29 bits per heavy atom. The zero-order valence-corrected chi connectivity index (χ0v) is 16.3. The summed E-state index contributed by atoms with van der Waals surface area (Å²) < 4.78 is 5.63. The Kier molecular flexibility index (Phi) is 7.06. The first-order valence-corrected chi connectivity index (χ1v) is 9.95. The Bertz CT molecular complexity index is 758. The van der Waals surface area contributed by atoms with Crippen LogP contribution in [-0.4, -0.2) is 35.4 Å². The van der Waals surface area contributed by atoms with E-state index in [1.165, 1.54) is 0 Å². The summed E-state index contributed by atoms with van der Waals surface area (Å²) in [5.41, 5.74) is 0.982. The highest BCUT2D eigenvalue weighted by molar-refractivity contribution is 5.88. The van der Waals surface area contributed by atoms with Crippen LogP contribution in [0, 0.1) is 0 Å². The molecule has 1 aliphatic carbocycles. The third-order valence-electron chi connectivity index (χ3n) is 5.17. The molecular formula is C23H28N2O3. The number of nitrogens with one attached hydrogen (secondary N) is 1. The Morgan fingerprint density at radius 1 is 1.04 bits per heavy atom. The molecule has 0 aliphatic heterocycles. The second-order valence-electron chi connectivity index (χ2n) is 7.27. The molecule has 0 saturated heterocycles. The molecule has 0 heterocycles. The van der Waals surface area contributed by atoms with Crippen molar-refractivity contribution in [2.24, 2.45) is 0 Å². The van der Waals surface area contributed by atoms with E-state index in [4.69, 9.17) is 4.74 Å². The zero-order chi connectivity index (χ0) is 19.8. The van der Waals surface area contributed by atoms with E-state index in [0.717, 1.165) is 31.2 Å². The van der Waals surface area contributed by atoms with E-state index in [9.17, 15) is 9.59 Å². The highest BCUT2D eigenvalue weighted by Gasteiger charge is 2.28. The van der Waals surface area contributed by atoms with Gasteiger partial charge in [-0.25, -0.2) is 0 Å². The van der Waals surface area contributed by atoms with E-state index in [-0.39, 0.29) is 24.5 Å². The van der Waals surface area contributed by atoms with Gasteiger partial charge in [0.15, 0.2) is 6.61 Å². The summed E-state index contributed by atoms with van der Waals surface area (Å²) in [5.74, 6) is 0.330. The fraction of sp³-hybridized carbons (Fsp3) is 0.391. The second kappa shape index (κ2) is 9.93. The zero-order valence-electron chi connectivity index (χ0n) is 16.3. The first kappa shape index (κ1) is 19.9. The standard InChI is InChI=1S/C23H28N2O3/c1-18(23(27)24-20-12-8-9-13-20)25(16-19-10-4-2-5-11-19)22(26)17-28-21-14-6-3-7-15-21/h2-7,10-11,14-15,18,20H,8-9,12-13,16-17H2,1H3,(H,24,27). The molecule has 2 amide bonds. The Labute approximate surface area is 166 Å². The summed E-state index contributed by atoms with van der Waals surface area (Å²) in [6, 6.07) is 18.6. The van der Waals surface area contributed by atoms with Gasteiger partial charge in [0.05, 0.1) is 0 Å². The summed E-state index contributed by atoms with van der Waals surface area (Å²) >= 11 is 0. The van der Waals surface area contributed by atoms with E-state index >= 15 is 0 Å². The molecule has 0 aromatic heterocycles. The molecule has 2 aromatic carbocycles. The SMILES string of the molecule is CC(C(=O)NC1CCCC1)N(Cc1ccccc1)C(=O)COc1ccccc1. The van der Waals surface area contributed by atoms with Crippen LogP contribution in [0.15, 0.2) is 60.7 Å². The normalized spacial score (nSPS) is 15.0. The van der Waals surface area contributed by atoms with Crippen LogP contribution in [0.4, 0.5) is 0 Å². The van der Waals surface area contributed by atoms with Gasteiger partial charge < -0.3 is 15.0 Å². The smallest absolute Gasteiger partial charge is 0.261 e. The maximum Gasteiger partial charge on any atom is 0.261 e. The van der Waals surface area contributed by atoms with Gasteiger partial charge in [0.25, 0.3) is 5.91 Å². The lowest BCUT2D eigenvalue weighted by atomic mass is 10.1. The number of hydrogen-bond donors (Lipinski definition) is 1. The van der Waals surface area contributed by atoms with Crippen molar-refractivity contribution in [1.82, 2.24) is 10.2 Å². The van der Waals surface area contributed by atoms with Crippen LogP contribution >= 0.6 is 0 Å². The molecule has 1 saturated carbocycles. The van der Waals surface area contributed by atoms with E-state index < -0.39 is 6.04 Å². The predicted octanol–water partition coefficient (Wildman–Crippen LogP) is 3.54. The lowest BCUT2D eigenvalue weighted by Gasteiger charge is -2.29. The van der Waals surface area contributed by atoms with Gasteiger partial charge in [-0.1, -0.05) is 61.4 Å². The van der Waals surface area contributed by atoms with Crippen LogP contribution in [0.5, 0.6) is 5.75 Å². The number of nitrogens with zero attached hydrogens (tertiary/aromatic N) is 1. The van der Waals surface area contributed by atoms with Crippen LogP contribution in [0.2, 0.25) is 0 Å². The molecule has 1 aliphatic rings. The lowest BCUT2D eigenvalue weighted by molar-refractivity contribution is -0.142. The van der Waals surface area contributed by atoms with Gasteiger partial charge in [-0.2, -0.15) is 0 Å². The average Bonchev–Trinajstić information content (AvgIpc) is 3.24. The molecule has 1 atom stereocenters. The summed E-state index contributed by atoms with van der Waals surface area (Å²) in [6.45, 7) is 2.06. The molecule has 28 heavy (non-hydrogen) atoms. The van der Waals surface area contributed by atoms with Crippen LogP contribution in [0.25, 0.3) is 0 Å². The van der Waals surface area contributed by atoms with E-state index in [2.05, 4.69) is 5.32 Å². The minimum Gasteiger partial charge on any atom is -0.484 e. The molecule has 148 valence electrons. The summed E-state index contributed by atoms with van der Waals surface area (Å²) in [7, 11) is 0. The number of carbonyl (C=O) groups excluding carboxylic acids is 2. The number of amides is 2. The maximum absolute atomic E-state index is 12.9. The van der Waals surface area contributed by atoms with Crippen LogP contribution in [-0.2, 0) is 16.1 Å². The first-order valence-electron chi connectivity index (χ1n) is 9.95. The van der Waals surface area contributed by atoms with Gasteiger partial charge in [-0.15, -0.1) is 0 Å². The van der Waals surface area contributed by atoms with Crippen LogP contribution in [0.3, 0.4) is 0 Å². The fourth-order valence-corrected chi connectivity index (χ4v) is 3.50. The Hall–Kier alpha value is -2.82. The quantitative estimate of drug-likeness (QED) is 0.762. The first-order chi connectivity index (χ1) is 13.6. The van der Waals surface area contributed by atoms with Crippen molar-refractivity contribution in [3.05, 3.63) is 66.2 Å². The van der Waals surface area contributed by atoms with Gasteiger partial charge in [-0.05, 0) is 37.5 Å². The van der Waals surface area contributed by atoms with Crippen molar-refractivity contribution in [3.8, 4) is 5.75 Å². The van der Waals surface area contributed by atoms with Gasteiger partial charge in [0.2, 0.25) is 5.91 Å². The number of para-hydroxylation sites is 1. The third-order valence-corrected chi connectivity index (χ3v) is 5.17. The number of hydrogen-bond acceptors (Lipinski definition) is 3. The predicted molar refractivity (Wildman–Crippen MR) is 109 cm³/mol. The van der Waals surface area contributed by atoms with Gasteiger partial charge in [0.1, 0.15) is 11.8 Å². The van der Waals surface area contributed by atoms with Crippen molar-refractivity contribution in [1.29, 1.82) is 0 Å². The maximum atomic E-state index is 12.9. The van der Waals surface area contributed by atoms with Crippen molar-refractivity contribution >= 4 is 11.8 Å². The minimum absolute atomic E-state index is 0.0993. The summed E-state index contributed by atoms with van der Waals surface area (Å²) in [5, 5.41) is 3.10. The number of carbonyl (C=O) groups is 2. The monoisotopic (exact) mass is 380 g/mol. The Morgan fingerprint density at radius 2 is 1.64 bits per heavy atom. The second-order valence-corrected chi connectivity index (χ2v) is 7.27. The molecule has 2 aromatic rings. The van der Waals surface area contributed by atoms with Gasteiger partial charge in [0, 0.05) is 12.6 Å². The third kappa shape index (κ3) is 5.59. The lowest BCUT2D eigenvalue weighted by Crippen LogP contribution is -2.50. The number of ether oxygens (including phenoxy) is 1. The van der Waals surface area contributed by atoms with Crippen molar-refractivity contribution in [3.63, 3.8) is 0 Å². The fourth-order valence-electron chi connectivity index (χ4n) is 3.50. The molecule has 0 bridgehead atoms. The highest BCUT2D eigenvalue weighted by atomic mass is 16.5. The molecular weight excluding hydrogens is 352 g/mol. The molecule has 1 fully saturated rings. The van der Waals surface area contributed by atoms with Gasteiger partial charge >= 0.3 is 0 Å². The van der Waals surface area contributed by atoms with Crippen LogP contribution in [0.1, 0.15) is 38.2 Å². The van der Waals surface area contributed by atoms with E-state index in [0.29, 0.717) is 12.3 Å². The molecule has 1 unspecified atom stereocenters. The van der Waals surface area contributed by atoms with E-state index in [1.54, 1.807) is 11.8 Å². The number of benzene rings is 2. The molecule has 0 spiro atoms. The minimum atomic E-state index is -0.562. The van der Waals surface area contributed by atoms with Crippen LogP contribution < -0.4 is 10.1 Å². The molecule has 5 heteroatoms. The Balaban J connectivity index is 1.67. The topological polar surface area (TPSA) is 58.6 Å². The summed E-state index contributed by atoms with van der Waals surface area (Å²) in [4.78, 5) is 27.3. The molecule has 3 rings (SSSR count).